The molecular formula is C13H26BN3O7P3. The van der Waals surface area contributed by atoms with E-state index in [1.165, 1.54) is 6.82 Å². The van der Waals surface area contributed by atoms with E-state index in [0.29, 0.717) is 12.8 Å². The van der Waals surface area contributed by atoms with Crippen molar-refractivity contribution >= 4 is 59.7 Å². The minimum absolute atomic E-state index is 0.0219. The summed E-state index contributed by atoms with van der Waals surface area (Å²) in [5, 5.41) is 7.78. The molecule has 0 aliphatic rings. The van der Waals surface area contributed by atoms with Gasteiger partial charge in [0.2, 0.25) is 0 Å². The molecule has 0 fully saturated rings. The minimum atomic E-state index is -1.08. The van der Waals surface area contributed by atoms with E-state index in [1.54, 1.807) is 0 Å². The summed E-state index contributed by atoms with van der Waals surface area (Å²) in [5.74, 6) is -1.92. The molecule has 0 saturated carbocycles. The molecule has 0 spiro atoms. The first-order chi connectivity index (χ1) is 12.9. The lowest BCUT2D eigenvalue weighted by Gasteiger charge is -2.20. The normalized spacial score (nSPS) is 12.3. The van der Waals surface area contributed by atoms with Gasteiger partial charge in [0, 0.05) is 6.42 Å². The van der Waals surface area contributed by atoms with Crippen molar-refractivity contribution in [1.82, 2.24) is 15.7 Å². The molecule has 0 heterocycles. The molecule has 0 aromatic carbocycles. The van der Waals surface area contributed by atoms with Gasteiger partial charge in [0.05, 0.1) is 18.9 Å². The van der Waals surface area contributed by atoms with Crippen LogP contribution in [-0.2, 0) is 28.1 Å². The zero-order chi connectivity index (χ0) is 20.7. The second kappa shape index (κ2) is 16.0. The Morgan fingerprint density at radius 3 is 2.11 bits per heavy atom. The molecule has 0 bridgehead atoms. The van der Waals surface area contributed by atoms with E-state index in [-0.39, 0.29) is 12.8 Å². The second-order valence-corrected chi connectivity index (χ2v) is 6.19. The zero-order valence-corrected chi connectivity index (χ0v) is 18.5. The molecule has 0 aliphatic carbocycles. The van der Waals surface area contributed by atoms with Crippen LogP contribution in [0.4, 0.5) is 4.79 Å². The molecule has 2 amide bonds. The number of rotatable bonds is 13. The maximum Gasteiger partial charge on any atom is 0.370 e. The van der Waals surface area contributed by atoms with Crippen molar-refractivity contribution in [2.24, 2.45) is 0 Å². The maximum atomic E-state index is 12.2. The second-order valence-electron chi connectivity index (χ2n) is 5.31. The number of nitrogens with one attached hydrogen (secondary N) is 3. The van der Waals surface area contributed by atoms with Crippen molar-refractivity contribution in [1.29, 1.82) is 0 Å². The molecule has 153 valence electrons. The highest BCUT2D eigenvalue weighted by Crippen LogP contribution is 2.07. The molecule has 10 nitrogen and oxygen atoms in total. The van der Waals surface area contributed by atoms with Gasteiger partial charge in [0.25, 0.3) is 0 Å². The Morgan fingerprint density at radius 1 is 0.963 bits per heavy atom. The molecule has 5 atom stereocenters. The van der Waals surface area contributed by atoms with Crippen LogP contribution in [0.3, 0.4) is 0 Å². The van der Waals surface area contributed by atoms with Crippen molar-refractivity contribution in [2.75, 3.05) is 6.54 Å². The van der Waals surface area contributed by atoms with E-state index >= 15 is 0 Å². The number of unbranched alkanes of at least 4 members (excludes halogenated alkanes) is 1. The lowest BCUT2D eigenvalue weighted by atomic mass is 10.1. The van der Waals surface area contributed by atoms with Gasteiger partial charge >= 0.3 is 31.4 Å². The third-order valence-electron chi connectivity index (χ3n) is 3.36. The quantitative estimate of drug-likeness (QED) is 0.211. The van der Waals surface area contributed by atoms with Crippen LogP contribution in [0.2, 0.25) is 6.82 Å². The van der Waals surface area contributed by atoms with Gasteiger partial charge in [-0.2, -0.15) is 0 Å². The number of urea groups is 1. The Kier molecular flexibility index (Phi) is 15.4. The highest BCUT2D eigenvalue weighted by Gasteiger charge is 2.26. The van der Waals surface area contributed by atoms with Crippen LogP contribution in [0.5, 0.6) is 0 Å². The summed E-state index contributed by atoms with van der Waals surface area (Å²) in [6.07, 6.45) is 1.71. The van der Waals surface area contributed by atoms with Gasteiger partial charge in [0.1, 0.15) is 12.1 Å². The smallest absolute Gasteiger partial charge is 0.370 e. The lowest BCUT2D eigenvalue weighted by Crippen LogP contribution is -2.51. The number of carbonyl (C=O) groups excluding carboxylic acids is 4. The fraction of sp³-hybridized carbons (Fsp3) is 0.692. The zero-order valence-electron chi connectivity index (χ0n) is 15.1. The topological polar surface area (TPSA) is 132 Å². The Balaban J connectivity index is 4.80. The molecule has 14 heteroatoms. The van der Waals surface area contributed by atoms with E-state index in [2.05, 4.69) is 34.2 Å². The number of carbonyl (C=O) groups is 4. The van der Waals surface area contributed by atoms with Gasteiger partial charge in [0.15, 0.2) is 0 Å². The van der Waals surface area contributed by atoms with Crippen molar-refractivity contribution in [3.63, 3.8) is 0 Å². The van der Waals surface area contributed by atoms with Crippen LogP contribution < -0.4 is 15.7 Å². The Morgan fingerprint density at radius 2 is 1.59 bits per heavy atom. The van der Waals surface area contributed by atoms with Crippen LogP contribution >= 0.6 is 28.3 Å². The summed E-state index contributed by atoms with van der Waals surface area (Å²) in [6.45, 7) is 2.24. The monoisotopic (exact) mass is 440 g/mol. The fourth-order valence-electron chi connectivity index (χ4n) is 2.03. The summed E-state index contributed by atoms with van der Waals surface area (Å²) in [4.78, 5) is 47.2. The van der Waals surface area contributed by atoms with Crippen molar-refractivity contribution in [2.45, 2.75) is 51.0 Å². The van der Waals surface area contributed by atoms with E-state index in [9.17, 15) is 19.2 Å². The SMILES string of the molecule is C[B]OC(=O)C(CCC(=O)OP)NC(=O)NC(CCCCNP)C(=O)OP. The van der Waals surface area contributed by atoms with E-state index in [1.807, 2.05) is 18.9 Å². The van der Waals surface area contributed by atoms with Gasteiger partial charge in [-0.25, -0.2) is 9.59 Å². The Bertz CT molecular complexity index is 502. The standard InChI is InChI=1S/C13H26BN3O7P3/c1-14-22-11(19)9(5-6-10(18)23-26)17-13(21)16-8(12(20)24-27)4-2-3-7-15-25/h8-9,15H,2-7,25-27H2,1H3,(H2,16,17,21). The largest absolute Gasteiger partial charge is 0.538 e. The predicted molar refractivity (Wildman–Crippen MR) is 109 cm³/mol. The molecule has 0 aliphatic heterocycles. The molecule has 0 saturated heterocycles. The molecular weight excluding hydrogens is 414 g/mol. The van der Waals surface area contributed by atoms with Crippen LogP contribution in [0.1, 0.15) is 32.1 Å². The number of hydrogen-bond acceptors (Lipinski definition) is 8. The molecule has 27 heavy (non-hydrogen) atoms. The van der Waals surface area contributed by atoms with Crippen molar-refractivity contribution < 1.29 is 32.9 Å². The van der Waals surface area contributed by atoms with Crippen LogP contribution in [-0.4, -0.2) is 50.0 Å². The van der Waals surface area contributed by atoms with Gasteiger partial charge < -0.3 is 29.4 Å². The number of amides is 2. The molecule has 0 aromatic rings. The van der Waals surface area contributed by atoms with Crippen molar-refractivity contribution in [3.05, 3.63) is 0 Å². The van der Waals surface area contributed by atoms with E-state index in [0.717, 1.165) is 20.4 Å². The minimum Gasteiger partial charge on any atom is -0.538 e. The third-order valence-corrected chi connectivity index (χ3v) is 4.15. The van der Waals surface area contributed by atoms with Gasteiger partial charge in [-0.1, -0.05) is 16.2 Å². The van der Waals surface area contributed by atoms with Crippen LogP contribution in [0.15, 0.2) is 0 Å². The summed E-state index contributed by atoms with van der Waals surface area (Å²) in [7, 11) is 7.19. The highest BCUT2D eigenvalue weighted by molar-refractivity contribution is 7.13. The Hall–Kier alpha value is -1.01. The van der Waals surface area contributed by atoms with E-state index < -0.39 is 36.0 Å². The average Bonchev–Trinajstić information content (AvgIpc) is 2.66. The van der Waals surface area contributed by atoms with Gasteiger partial charge in [-0.15, -0.1) is 0 Å². The lowest BCUT2D eigenvalue weighted by molar-refractivity contribution is -0.137. The molecule has 0 rings (SSSR count). The fourth-order valence-corrected chi connectivity index (χ4v) is 2.52. The predicted octanol–water partition coefficient (Wildman–Crippen LogP) is 0.230. The highest BCUT2D eigenvalue weighted by atomic mass is 31.0. The molecule has 0 aromatic heterocycles. The van der Waals surface area contributed by atoms with Crippen molar-refractivity contribution in [3.8, 4) is 0 Å². The maximum absolute atomic E-state index is 12.2. The summed E-state index contributed by atoms with van der Waals surface area (Å²) < 4.78 is 13.8. The Labute approximate surface area is 166 Å². The first-order valence-electron chi connectivity index (χ1n) is 8.18. The van der Waals surface area contributed by atoms with Crippen LogP contribution in [0, 0.1) is 0 Å². The van der Waals surface area contributed by atoms with Crippen LogP contribution in [0.25, 0.3) is 0 Å². The van der Waals surface area contributed by atoms with E-state index in [4.69, 9.17) is 4.65 Å². The molecule has 1 radical (unpaired) electrons. The number of hydrogen-bond donors (Lipinski definition) is 3. The summed E-state index contributed by atoms with van der Waals surface area (Å²) in [6, 6.07) is -2.71. The molecule has 3 N–H and O–H groups in total. The molecule has 5 unspecified atom stereocenters. The summed E-state index contributed by atoms with van der Waals surface area (Å²) in [5.41, 5.74) is 0. The van der Waals surface area contributed by atoms with Gasteiger partial charge in [-0.3, -0.25) is 9.59 Å². The summed E-state index contributed by atoms with van der Waals surface area (Å²) >= 11 is 0. The third kappa shape index (κ3) is 12.1. The van der Waals surface area contributed by atoms with Gasteiger partial charge in [-0.05, 0) is 32.2 Å². The average molecular weight is 440 g/mol. The first kappa shape index (κ1) is 26.0. The first-order valence-corrected chi connectivity index (χ1v) is 9.70.